The molecule has 0 saturated heterocycles. The maximum Gasteiger partial charge on any atom is 0.264 e. The van der Waals surface area contributed by atoms with Crippen molar-refractivity contribution in [3.05, 3.63) is 88.4 Å². The molecule has 0 spiro atoms. The SMILES string of the molecule is COc1cccc(N(CC(=O)N(Cc2c(Cl)cccc2Cl)[C@H](C)C(=O)NC(C)(C)C)S(=O)(=O)c2ccccc2)c1. The Hall–Kier alpha value is -3.27. The molecule has 0 aromatic heterocycles. The Morgan fingerprint density at radius 2 is 1.55 bits per heavy atom. The number of carbonyl (C=O) groups is 2. The van der Waals surface area contributed by atoms with Gasteiger partial charge in [0.25, 0.3) is 10.0 Å². The Bertz CT molecular complexity index is 1440. The number of carbonyl (C=O) groups excluding carboxylic acids is 2. The number of ether oxygens (including phenoxy) is 1. The van der Waals surface area contributed by atoms with E-state index in [9.17, 15) is 18.0 Å². The van der Waals surface area contributed by atoms with Crippen molar-refractivity contribution in [2.45, 2.75) is 50.7 Å². The van der Waals surface area contributed by atoms with Crippen LogP contribution in [0.5, 0.6) is 5.75 Å². The molecule has 0 heterocycles. The summed E-state index contributed by atoms with van der Waals surface area (Å²) in [7, 11) is -2.73. The molecule has 11 heteroatoms. The molecule has 0 fully saturated rings. The van der Waals surface area contributed by atoms with Gasteiger partial charge in [-0.15, -0.1) is 0 Å². The summed E-state index contributed by atoms with van der Waals surface area (Å²) >= 11 is 12.8. The number of sulfonamides is 1. The molecule has 3 aromatic rings. The monoisotopic (exact) mass is 605 g/mol. The lowest BCUT2D eigenvalue weighted by atomic mass is 10.1. The first kappa shape index (κ1) is 31.3. The summed E-state index contributed by atoms with van der Waals surface area (Å²) in [6, 6.07) is 18.2. The lowest BCUT2D eigenvalue weighted by molar-refractivity contribution is -0.140. The summed E-state index contributed by atoms with van der Waals surface area (Å²) in [4.78, 5) is 28.5. The molecule has 40 heavy (non-hydrogen) atoms. The second-order valence-electron chi connectivity index (χ2n) is 10.2. The van der Waals surface area contributed by atoms with E-state index in [0.717, 1.165) is 4.31 Å². The largest absolute Gasteiger partial charge is 0.497 e. The maximum absolute atomic E-state index is 14.0. The van der Waals surface area contributed by atoms with Gasteiger partial charge in [0.15, 0.2) is 0 Å². The molecule has 3 aromatic carbocycles. The average molecular weight is 607 g/mol. The second-order valence-corrected chi connectivity index (χ2v) is 12.8. The van der Waals surface area contributed by atoms with Gasteiger partial charge in [-0.1, -0.05) is 53.5 Å². The molecule has 214 valence electrons. The highest BCUT2D eigenvalue weighted by molar-refractivity contribution is 7.92. The molecule has 3 rings (SSSR count). The quantitative estimate of drug-likeness (QED) is 0.328. The van der Waals surface area contributed by atoms with Crippen molar-refractivity contribution in [3.8, 4) is 5.75 Å². The first-order valence-electron chi connectivity index (χ1n) is 12.5. The minimum atomic E-state index is -4.19. The Labute approximate surface area is 245 Å². The number of nitrogens with one attached hydrogen (secondary N) is 1. The number of amides is 2. The third-order valence-electron chi connectivity index (χ3n) is 6.01. The molecule has 1 atom stereocenters. The van der Waals surface area contributed by atoms with Gasteiger partial charge in [-0.05, 0) is 64.1 Å². The van der Waals surface area contributed by atoms with Crippen LogP contribution in [-0.2, 0) is 26.2 Å². The van der Waals surface area contributed by atoms with Crippen molar-refractivity contribution in [2.75, 3.05) is 18.0 Å². The summed E-state index contributed by atoms with van der Waals surface area (Å²) in [5, 5.41) is 3.51. The van der Waals surface area contributed by atoms with Crippen molar-refractivity contribution in [1.82, 2.24) is 10.2 Å². The van der Waals surface area contributed by atoms with E-state index in [1.54, 1.807) is 61.5 Å². The highest BCUT2D eigenvalue weighted by Gasteiger charge is 2.34. The standard InChI is InChI=1S/C29H33Cl2N3O5S/c1-20(28(36)32-29(2,3)4)33(18-24-25(30)15-10-16-26(24)31)27(35)19-34(21-11-9-12-22(17-21)39-5)40(37,38)23-13-7-6-8-14-23/h6-17,20H,18-19H2,1-5H3,(H,32,36)/t20-/m1/s1. The lowest BCUT2D eigenvalue weighted by Crippen LogP contribution is -2.54. The lowest BCUT2D eigenvalue weighted by Gasteiger charge is -2.34. The molecule has 0 bridgehead atoms. The van der Waals surface area contributed by atoms with Gasteiger partial charge in [0.2, 0.25) is 11.8 Å². The Morgan fingerprint density at radius 3 is 2.12 bits per heavy atom. The zero-order valence-electron chi connectivity index (χ0n) is 23.0. The second kappa shape index (κ2) is 12.9. The van der Waals surface area contributed by atoms with Gasteiger partial charge >= 0.3 is 0 Å². The van der Waals surface area contributed by atoms with E-state index in [2.05, 4.69) is 5.32 Å². The van der Waals surface area contributed by atoms with Gasteiger partial charge < -0.3 is 15.0 Å². The molecular formula is C29H33Cl2N3O5S. The van der Waals surface area contributed by atoms with Gasteiger partial charge in [0.1, 0.15) is 18.3 Å². The van der Waals surface area contributed by atoms with Crippen LogP contribution < -0.4 is 14.4 Å². The Balaban J connectivity index is 2.09. The zero-order valence-corrected chi connectivity index (χ0v) is 25.3. The summed E-state index contributed by atoms with van der Waals surface area (Å²) < 4.78 is 34.0. The Morgan fingerprint density at radius 1 is 0.950 bits per heavy atom. The van der Waals surface area contributed by atoms with Gasteiger partial charge in [0, 0.05) is 33.8 Å². The highest BCUT2D eigenvalue weighted by atomic mass is 35.5. The van der Waals surface area contributed by atoms with Crippen LogP contribution in [0.25, 0.3) is 0 Å². The van der Waals surface area contributed by atoms with Gasteiger partial charge in [-0.25, -0.2) is 8.42 Å². The van der Waals surface area contributed by atoms with Gasteiger partial charge in [-0.3, -0.25) is 13.9 Å². The van der Waals surface area contributed by atoms with Crippen molar-refractivity contribution < 1.29 is 22.7 Å². The summed E-state index contributed by atoms with van der Waals surface area (Å²) in [6.45, 7) is 6.33. The normalized spacial score (nSPS) is 12.4. The highest BCUT2D eigenvalue weighted by Crippen LogP contribution is 2.29. The Kier molecular flexibility index (Phi) is 10.1. The third kappa shape index (κ3) is 7.68. The van der Waals surface area contributed by atoms with Crippen LogP contribution in [-0.4, -0.2) is 50.4 Å². The predicted octanol–water partition coefficient (Wildman–Crippen LogP) is 5.53. The number of halogens is 2. The van der Waals surface area contributed by atoms with Crippen molar-refractivity contribution in [2.24, 2.45) is 0 Å². The molecule has 0 unspecified atom stereocenters. The molecule has 8 nitrogen and oxygen atoms in total. The van der Waals surface area contributed by atoms with Crippen LogP contribution in [0.2, 0.25) is 10.0 Å². The van der Waals surface area contributed by atoms with Crippen molar-refractivity contribution in [1.29, 1.82) is 0 Å². The van der Waals surface area contributed by atoms with Crippen LogP contribution in [0.3, 0.4) is 0 Å². The van der Waals surface area contributed by atoms with Crippen LogP contribution in [0, 0.1) is 0 Å². The van der Waals surface area contributed by atoms with Crippen LogP contribution in [0.4, 0.5) is 5.69 Å². The van der Waals surface area contributed by atoms with E-state index in [4.69, 9.17) is 27.9 Å². The van der Waals surface area contributed by atoms with Crippen LogP contribution >= 0.6 is 23.2 Å². The van der Waals surface area contributed by atoms with E-state index >= 15 is 0 Å². The number of rotatable bonds is 10. The number of hydrogen-bond acceptors (Lipinski definition) is 5. The molecule has 2 amide bonds. The minimum absolute atomic E-state index is 0.00448. The first-order valence-corrected chi connectivity index (χ1v) is 14.7. The number of benzene rings is 3. The summed E-state index contributed by atoms with van der Waals surface area (Å²) in [5.41, 5.74) is 0.0956. The first-order chi connectivity index (χ1) is 18.7. The van der Waals surface area contributed by atoms with E-state index in [-0.39, 0.29) is 17.1 Å². The molecule has 0 aliphatic heterocycles. The van der Waals surface area contributed by atoms with E-state index in [0.29, 0.717) is 21.4 Å². The topological polar surface area (TPSA) is 96.0 Å². The van der Waals surface area contributed by atoms with Crippen LogP contribution in [0.15, 0.2) is 77.7 Å². The molecular weight excluding hydrogens is 573 g/mol. The third-order valence-corrected chi connectivity index (χ3v) is 8.50. The number of hydrogen-bond donors (Lipinski definition) is 1. The molecule has 0 aliphatic rings. The molecule has 0 radical (unpaired) electrons. The predicted molar refractivity (Wildman–Crippen MR) is 158 cm³/mol. The number of nitrogens with zero attached hydrogens (tertiary/aromatic N) is 2. The fraction of sp³-hybridized carbons (Fsp3) is 0.310. The summed E-state index contributed by atoms with van der Waals surface area (Å²) in [6.07, 6.45) is 0. The summed E-state index contributed by atoms with van der Waals surface area (Å²) in [5.74, 6) is -0.631. The van der Waals surface area contributed by atoms with Gasteiger partial charge in [0.05, 0.1) is 17.7 Å². The molecule has 0 aliphatic carbocycles. The fourth-order valence-corrected chi connectivity index (χ4v) is 5.87. The van der Waals surface area contributed by atoms with Crippen molar-refractivity contribution in [3.63, 3.8) is 0 Å². The van der Waals surface area contributed by atoms with E-state index in [1.165, 1.54) is 30.2 Å². The van der Waals surface area contributed by atoms with E-state index < -0.39 is 40.0 Å². The average Bonchev–Trinajstić information content (AvgIpc) is 2.90. The smallest absolute Gasteiger partial charge is 0.264 e. The minimum Gasteiger partial charge on any atom is -0.497 e. The maximum atomic E-state index is 14.0. The molecule has 0 saturated carbocycles. The van der Waals surface area contributed by atoms with Gasteiger partial charge in [-0.2, -0.15) is 0 Å². The molecule has 1 N–H and O–H groups in total. The number of methoxy groups -OCH3 is 1. The fourth-order valence-electron chi connectivity index (χ4n) is 3.92. The number of anilines is 1. The van der Waals surface area contributed by atoms with Crippen LogP contribution in [0.1, 0.15) is 33.3 Å². The zero-order chi connectivity index (χ0) is 29.7. The van der Waals surface area contributed by atoms with Crippen molar-refractivity contribution >= 4 is 50.7 Å². The van der Waals surface area contributed by atoms with E-state index in [1.807, 2.05) is 20.8 Å².